The van der Waals surface area contributed by atoms with Crippen LogP contribution in [0.5, 0.6) is 0 Å². The maximum absolute atomic E-state index is 13.6. The first-order valence-electron chi connectivity index (χ1n) is 10.3. The molecule has 0 spiro atoms. The van der Waals surface area contributed by atoms with E-state index in [2.05, 4.69) is 31.7 Å². The van der Waals surface area contributed by atoms with Crippen molar-refractivity contribution in [1.29, 1.82) is 0 Å². The minimum Gasteiger partial charge on any atom is -0.391 e. The number of piperazine rings is 1. The van der Waals surface area contributed by atoms with Crippen LogP contribution in [0.15, 0.2) is 24.5 Å². The monoisotopic (exact) mass is 385 g/mol. The highest BCUT2D eigenvalue weighted by atomic mass is 19.1. The number of hydrogen-bond acceptors (Lipinski definition) is 6. The first kappa shape index (κ1) is 18.2. The molecule has 1 aromatic carbocycles. The van der Waals surface area contributed by atoms with Gasteiger partial charge in [0.1, 0.15) is 18.0 Å². The molecule has 28 heavy (non-hydrogen) atoms. The van der Waals surface area contributed by atoms with E-state index < -0.39 is 0 Å². The molecule has 1 N–H and O–H groups in total. The minimum absolute atomic E-state index is 0.249. The van der Waals surface area contributed by atoms with E-state index in [1.165, 1.54) is 18.5 Å². The van der Waals surface area contributed by atoms with Crippen molar-refractivity contribution < 1.29 is 9.50 Å². The van der Waals surface area contributed by atoms with Gasteiger partial charge >= 0.3 is 0 Å². The number of benzene rings is 1. The zero-order valence-electron chi connectivity index (χ0n) is 16.3. The number of rotatable bonds is 2. The Kier molecular flexibility index (Phi) is 4.69. The number of hydrogen-bond donors (Lipinski definition) is 1. The topological polar surface area (TPSA) is 55.7 Å². The van der Waals surface area contributed by atoms with E-state index in [9.17, 15) is 9.50 Å². The Balaban J connectivity index is 1.34. The van der Waals surface area contributed by atoms with Gasteiger partial charge in [-0.15, -0.1) is 0 Å². The van der Waals surface area contributed by atoms with Crippen LogP contribution >= 0.6 is 0 Å². The van der Waals surface area contributed by atoms with Gasteiger partial charge in [0.05, 0.1) is 11.6 Å². The standard InChI is InChI=1S/C21H28FN5O/c1-25-4-6-26(7-5-25)19-8-14-11-27(12-15(14)9-20(19)28)21-17-3-2-16(22)10-18(17)23-13-24-21/h2-3,10,13-15,19-20,28H,4-9,11-12H2,1H3/t14-,15+,19-,20-/m1/s1. The Morgan fingerprint density at radius 2 is 1.79 bits per heavy atom. The third-order valence-corrected chi connectivity index (χ3v) is 6.99. The minimum atomic E-state index is -0.273. The summed E-state index contributed by atoms with van der Waals surface area (Å²) in [6.07, 6.45) is 3.18. The normalized spacial score (nSPS) is 32.0. The summed E-state index contributed by atoms with van der Waals surface area (Å²) in [6, 6.07) is 5.00. The van der Waals surface area contributed by atoms with Crippen molar-refractivity contribution in [2.24, 2.45) is 11.8 Å². The number of likely N-dealkylation sites (N-methyl/N-ethyl adjacent to an activating group) is 1. The zero-order valence-corrected chi connectivity index (χ0v) is 16.3. The first-order chi connectivity index (χ1) is 13.6. The lowest BCUT2D eigenvalue weighted by molar-refractivity contribution is -0.0249. The van der Waals surface area contributed by atoms with Gasteiger partial charge in [0.2, 0.25) is 0 Å². The summed E-state index contributed by atoms with van der Waals surface area (Å²) in [6.45, 7) is 6.09. The van der Waals surface area contributed by atoms with Crippen LogP contribution in [0, 0.1) is 17.7 Å². The molecule has 3 aliphatic rings. The molecular weight excluding hydrogens is 357 g/mol. The second-order valence-electron chi connectivity index (χ2n) is 8.73. The fourth-order valence-corrected chi connectivity index (χ4v) is 5.39. The number of fused-ring (bicyclic) bond motifs is 2. The molecule has 1 aliphatic carbocycles. The van der Waals surface area contributed by atoms with E-state index in [1.54, 1.807) is 6.07 Å². The van der Waals surface area contributed by atoms with Crippen molar-refractivity contribution in [3.8, 4) is 0 Å². The summed E-state index contributed by atoms with van der Waals surface area (Å²) >= 11 is 0. The van der Waals surface area contributed by atoms with Crippen LogP contribution in [0.4, 0.5) is 10.2 Å². The molecule has 2 saturated heterocycles. The molecule has 7 heteroatoms. The highest BCUT2D eigenvalue weighted by Crippen LogP contribution is 2.40. The second-order valence-corrected chi connectivity index (χ2v) is 8.73. The molecule has 150 valence electrons. The van der Waals surface area contributed by atoms with Crippen molar-refractivity contribution in [2.75, 3.05) is 51.2 Å². The number of halogens is 1. The van der Waals surface area contributed by atoms with Gasteiger partial charge in [-0.2, -0.15) is 0 Å². The van der Waals surface area contributed by atoms with E-state index >= 15 is 0 Å². The molecule has 2 aromatic rings. The summed E-state index contributed by atoms with van der Waals surface area (Å²) in [5, 5.41) is 11.8. The van der Waals surface area contributed by atoms with E-state index in [0.717, 1.165) is 63.3 Å². The number of anilines is 1. The summed E-state index contributed by atoms with van der Waals surface area (Å²) < 4.78 is 13.6. The van der Waals surface area contributed by atoms with Crippen LogP contribution in [0.25, 0.3) is 10.9 Å². The molecule has 4 atom stereocenters. The quantitative estimate of drug-likeness (QED) is 0.847. The van der Waals surface area contributed by atoms with Gasteiger partial charge in [-0.05, 0) is 43.9 Å². The molecular formula is C21H28FN5O. The van der Waals surface area contributed by atoms with Crippen LogP contribution in [-0.4, -0.2) is 83.3 Å². The first-order valence-corrected chi connectivity index (χ1v) is 10.3. The van der Waals surface area contributed by atoms with Gasteiger partial charge in [0.15, 0.2) is 0 Å². The van der Waals surface area contributed by atoms with Gasteiger partial charge in [-0.1, -0.05) is 0 Å². The zero-order chi connectivity index (χ0) is 19.3. The lowest BCUT2D eigenvalue weighted by Crippen LogP contribution is -2.55. The Labute approximate surface area is 165 Å². The summed E-state index contributed by atoms with van der Waals surface area (Å²) in [5.41, 5.74) is 0.648. The van der Waals surface area contributed by atoms with Gasteiger partial charge in [0.25, 0.3) is 0 Å². The maximum atomic E-state index is 13.6. The molecule has 6 nitrogen and oxygen atoms in total. The predicted molar refractivity (Wildman–Crippen MR) is 107 cm³/mol. The highest BCUT2D eigenvalue weighted by molar-refractivity contribution is 5.89. The molecule has 2 aliphatic heterocycles. The smallest absolute Gasteiger partial charge is 0.139 e. The average molecular weight is 385 g/mol. The molecule has 0 unspecified atom stereocenters. The van der Waals surface area contributed by atoms with Crippen LogP contribution in [0.2, 0.25) is 0 Å². The highest BCUT2D eigenvalue weighted by Gasteiger charge is 2.44. The van der Waals surface area contributed by atoms with E-state index in [1.807, 2.05) is 0 Å². The van der Waals surface area contributed by atoms with Crippen molar-refractivity contribution in [1.82, 2.24) is 19.8 Å². The van der Waals surface area contributed by atoms with E-state index in [4.69, 9.17) is 0 Å². The number of aliphatic hydroxyl groups excluding tert-OH is 1. The van der Waals surface area contributed by atoms with Crippen LogP contribution in [-0.2, 0) is 0 Å². The fraction of sp³-hybridized carbons (Fsp3) is 0.619. The Bertz CT molecular complexity index is 856. The van der Waals surface area contributed by atoms with Crippen molar-refractivity contribution in [3.63, 3.8) is 0 Å². The SMILES string of the molecule is CN1CCN([C@@H]2C[C@@H]3CN(c4ncnc5cc(F)ccc45)C[C@@H]3C[C@H]2O)CC1. The molecule has 0 radical (unpaired) electrons. The summed E-state index contributed by atoms with van der Waals surface area (Å²) in [7, 11) is 2.16. The Hall–Kier alpha value is -1.83. The molecule has 0 amide bonds. The lowest BCUT2D eigenvalue weighted by atomic mass is 9.77. The number of nitrogens with zero attached hydrogens (tertiary/aromatic N) is 5. The van der Waals surface area contributed by atoms with Crippen molar-refractivity contribution >= 4 is 16.7 Å². The molecule has 1 saturated carbocycles. The van der Waals surface area contributed by atoms with Crippen molar-refractivity contribution in [2.45, 2.75) is 25.0 Å². The molecule has 5 rings (SSSR count). The maximum Gasteiger partial charge on any atom is 0.139 e. The lowest BCUT2D eigenvalue weighted by Gasteiger charge is -2.44. The molecule has 0 bridgehead atoms. The number of aromatic nitrogens is 2. The van der Waals surface area contributed by atoms with E-state index in [0.29, 0.717) is 17.4 Å². The summed E-state index contributed by atoms with van der Waals surface area (Å²) in [5.74, 6) is 1.68. The molecule has 1 aromatic heterocycles. The molecule has 3 heterocycles. The van der Waals surface area contributed by atoms with Gasteiger partial charge < -0.3 is 14.9 Å². The third kappa shape index (κ3) is 3.25. The largest absolute Gasteiger partial charge is 0.391 e. The summed E-state index contributed by atoms with van der Waals surface area (Å²) in [4.78, 5) is 15.9. The van der Waals surface area contributed by atoms with E-state index in [-0.39, 0.29) is 18.0 Å². The Morgan fingerprint density at radius 1 is 1.04 bits per heavy atom. The van der Waals surface area contributed by atoms with Gasteiger partial charge in [0, 0.05) is 56.8 Å². The number of aliphatic hydroxyl groups is 1. The Morgan fingerprint density at radius 3 is 2.57 bits per heavy atom. The molecule has 3 fully saturated rings. The van der Waals surface area contributed by atoms with Crippen LogP contribution < -0.4 is 4.90 Å². The van der Waals surface area contributed by atoms with Crippen LogP contribution in [0.1, 0.15) is 12.8 Å². The van der Waals surface area contributed by atoms with Crippen LogP contribution in [0.3, 0.4) is 0 Å². The second kappa shape index (κ2) is 7.21. The average Bonchev–Trinajstić information content (AvgIpc) is 3.10. The van der Waals surface area contributed by atoms with Gasteiger partial charge in [-0.25, -0.2) is 14.4 Å². The van der Waals surface area contributed by atoms with Gasteiger partial charge in [-0.3, -0.25) is 4.90 Å². The van der Waals surface area contributed by atoms with Crippen molar-refractivity contribution in [3.05, 3.63) is 30.3 Å². The fourth-order valence-electron chi connectivity index (χ4n) is 5.39. The predicted octanol–water partition coefficient (Wildman–Crippen LogP) is 1.59. The third-order valence-electron chi connectivity index (χ3n) is 6.99.